The molecule has 1 amide bonds. The van der Waals surface area contributed by atoms with Gasteiger partial charge in [0.05, 0.1) is 33.2 Å². The van der Waals surface area contributed by atoms with Crippen molar-refractivity contribution in [1.82, 2.24) is 14.5 Å². The normalized spacial score (nSPS) is 12.2. The van der Waals surface area contributed by atoms with Gasteiger partial charge in [-0.1, -0.05) is 61.3 Å². The Labute approximate surface area is 214 Å². The van der Waals surface area contributed by atoms with Gasteiger partial charge in [0.15, 0.2) is 0 Å². The minimum absolute atomic E-state index is 0.200. The number of amides is 1. The molecule has 0 aliphatic heterocycles. The molecule has 0 saturated carbocycles. The van der Waals surface area contributed by atoms with Gasteiger partial charge in [0.1, 0.15) is 5.82 Å². The van der Waals surface area contributed by atoms with Gasteiger partial charge in [0.25, 0.3) is 11.5 Å². The number of benzene rings is 3. The first-order valence-corrected chi connectivity index (χ1v) is 12.4. The van der Waals surface area contributed by atoms with E-state index in [4.69, 9.17) is 28.2 Å². The molecule has 5 nitrogen and oxygen atoms in total. The molecule has 0 saturated heterocycles. The van der Waals surface area contributed by atoms with Gasteiger partial charge in [-0.2, -0.15) is 0 Å². The Bertz CT molecular complexity index is 1410. The summed E-state index contributed by atoms with van der Waals surface area (Å²) in [5.41, 5.74) is 1.44. The summed E-state index contributed by atoms with van der Waals surface area (Å²) < 4.78 is 1.57. The van der Waals surface area contributed by atoms with Crippen LogP contribution in [0.15, 0.2) is 77.6 Å². The Morgan fingerprint density at radius 3 is 2.29 bits per heavy atom. The van der Waals surface area contributed by atoms with E-state index < -0.39 is 6.04 Å². The van der Waals surface area contributed by atoms with E-state index in [9.17, 15) is 9.59 Å². The Hall–Kier alpha value is -3.15. The minimum Gasteiger partial charge on any atom is -0.329 e. The molecule has 7 heteroatoms. The Morgan fingerprint density at radius 1 is 0.943 bits per heavy atom. The topological polar surface area (TPSA) is 55.2 Å². The highest BCUT2D eigenvalue weighted by Gasteiger charge is 2.28. The molecule has 0 radical (unpaired) electrons. The van der Waals surface area contributed by atoms with Crippen molar-refractivity contribution in [2.75, 3.05) is 6.54 Å². The fourth-order valence-electron chi connectivity index (χ4n) is 4.07. The number of aromatic nitrogens is 2. The third-order valence-corrected chi connectivity index (χ3v) is 6.62. The van der Waals surface area contributed by atoms with Crippen molar-refractivity contribution in [3.05, 3.63) is 105 Å². The molecule has 0 bridgehead atoms. The van der Waals surface area contributed by atoms with Crippen LogP contribution >= 0.6 is 23.2 Å². The van der Waals surface area contributed by atoms with Gasteiger partial charge < -0.3 is 4.90 Å². The largest absolute Gasteiger partial charge is 0.329 e. The van der Waals surface area contributed by atoms with Crippen LogP contribution in [-0.4, -0.2) is 26.9 Å². The number of carbonyl (C=O) groups is 1. The van der Waals surface area contributed by atoms with Gasteiger partial charge in [-0.25, -0.2) is 4.98 Å². The molecule has 1 heterocycles. The fourth-order valence-corrected chi connectivity index (χ4v) is 4.41. The zero-order valence-electron chi connectivity index (χ0n) is 19.9. The summed E-state index contributed by atoms with van der Waals surface area (Å²) in [5, 5.41) is 1.46. The Kier molecular flexibility index (Phi) is 7.58. The van der Waals surface area contributed by atoms with Crippen LogP contribution in [0, 0.1) is 5.92 Å². The Balaban J connectivity index is 1.91. The maximum absolute atomic E-state index is 13.7. The van der Waals surface area contributed by atoms with E-state index in [0.29, 0.717) is 50.5 Å². The average molecular weight is 508 g/mol. The second-order valence-electron chi connectivity index (χ2n) is 8.94. The molecule has 4 aromatic rings. The van der Waals surface area contributed by atoms with Gasteiger partial charge in [0.2, 0.25) is 0 Å². The molecule has 0 aliphatic carbocycles. The highest BCUT2D eigenvalue weighted by atomic mass is 35.5. The van der Waals surface area contributed by atoms with E-state index in [1.54, 1.807) is 64.1 Å². The number of para-hydroxylation sites is 1. The lowest BCUT2D eigenvalue weighted by Crippen LogP contribution is -2.38. The third kappa shape index (κ3) is 5.26. The number of halogens is 2. The monoisotopic (exact) mass is 507 g/mol. The van der Waals surface area contributed by atoms with Crippen molar-refractivity contribution >= 4 is 40.0 Å². The van der Waals surface area contributed by atoms with Gasteiger partial charge in [-0.3, -0.25) is 14.2 Å². The first-order valence-electron chi connectivity index (χ1n) is 11.6. The first-order chi connectivity index (χ1) is 16.8. The van der Waals surface area contributed by atoms with Gasteiger partial charge >= 0.3 is 0 Å². The average Bonchev–Trinajstić information content (AvgIpc) is 2.84. The molecule has 0 spiro atoms. The lowest BCUT2D eigenvalue weighted by Gasteiger charge is -2.31. The summed E-state index contributed by atoms with van der Waals surface area (Å²) in [5.74, 6) is 0.653. The Morgan fingerprint density at radius 2 is 1.60 bits per heavy atom. The molecule has 1 aromatic heterocycles. The summed E-state index contributed by atoms with van der Waals surface area (Å²) in [6.07, 6.45) is 0.791. The van der Waals surface area contributed by atoms with Gasteiger partial charge in [-0.05, 0) is 67.8 Å². The summed E-state index contributed by atoms with van der Waals surface area (Å²) in [4.78, 5) is 34.1. The molecule has 35 heavy (non-hydrogen) atoms. The van der Waals surface area contributed by atoms with E-state index in [0.717, 1.165) is 6.42 Å². The molecule has 1 unspecified atom stereocenters. The van der Waals surface area contributed by atoms with Crippen LogP contribution in [0.3, 0.4) is 0 Å². The third-order valence-electron chi connectivity index (χ3n) is 6.04. The predicted molar refractivity (Wildman–Crippen MR) is 143 cm³/mol. The molecule has 1 atom stereocenters. The van der Waals surface area contributed by atoms with Crippen LogP contribution < -0.4 is 5.56 Å². The number of hydrogen-bond acceptors (Lipinski definition) is 3. The number of rotatable bonds is 7. The van der Waals surface area contributed by atoms with Crippen LogP contribution in [-0.2, 0) is 0 Å². The second kappa shape index (κ2) is 10.6. The number of fused-ring (bicyclic) bond motifs is 1. The van der Waals surface area contributed by atoms with E-state index in [1.165, 1.54) is 0 Å². The number of nitrogens with zero attached hydrogens (tertiary/aromatic N) is 3. The van der Waals surface area contributed by atoms with Crippen LogP contribution in [0.5, 0.6) is 0 Å². The zero-order valence-corrected chi connectivity index (χ0v) is 21.4. The second-order valence-corrected chi connectivity index (χ2v) is 9.78. The quantitative estimate of drug-likeness (QED) is 0.272. The van der Waals surface area contributed by atoms with Crippen LogP contribution in [0.1, 0.15) is 49.4 Å². The molecular weight excluding hydrogens is 481 g/mol. The van der Waals surface area contributed by atoms with Crippen molar-refractivity contribution in [2.45, 2.75) is 33.2 Å². The maximum atomic E-state index is 13.7. The standard InChI is InChI=1S/C28H27Cl2N3O2/c1-18(2)16-17-32(27(34)22-8-4-6-10-24(22)30)19(3)26-31-25-11-7-5-9-23(25)28(35)33(26)21-14-12-20(29)13-15-21/h4-15,18-19H,16-17H2,1-3H3. The maximum Gasteiger partial charge on any atom is 0.266 e. The molecule has 4 rings (SSSR count). The summed E-state index contributed by atoms with van der Waals surface area (Å²) >= 11 is 12.5. The summed E-state index contributed by atoms with van der Waals surface area (Å²) in [6.45, 7) is 6.62. The van der Waals surface area contributed by atoms with Gasteiger partial charge in [0, 0.05) is 11.6 Å². The molecule has 3 aromatic carbocycles. The number of carbonyl (C=O) groups excluding carboxylic acids is 1. The van der Waals surface area contributed by atoms with E-state index in [1.807, 2.05) is 25.1 Å². The van der Waals surface area contributed by atoms with Crippen molar-refractivity contribution in [3.8, 4) is 5.69 Å². The fraction of sp³-hybridized carbons (Fsp3) is 0.250. The molecule has 180 valence electrons. The van der Waals surface area contributed by atoms with Crippen molar-refractivity contribution < 1.29 is 4.79 Å². The molecule has 0 aliphatic rings. The van der Waals surface area contributed by atoms with Crippen molar-refractivity contribution in [3.63, 3.8) is 0 Å². The van der Waals surface area contributed by atoms with Crippen molar-refractivity contribution in [2.24, 2.45) is 5.92 Å². The van der Waals surface area contributed by atoms with Gasteiger partial charge in [-0.15, -0.1) is 0 Å². The zero-order chi connectivity index (χ0) is 25.1. The predicted octanol–water partition coefficient (Wildman–Crippen LogP) is 6.94. The van der Waals surface area contributed by atoms with Crippen LogP contribution in [0.2, 0.25) is 10.0 Å². The lowest BCUT2D eigenvalue weighted by atomic mass is 10.1. The van der Waals surface area contributed by atoms with E-state index in [2.05, 4.69) is 13.8 Å². The SMILES string of the molecule is CC(C)CCN(C(=O)c1ccccc1Cl)C(C)c1nc2ccccc2c(=O)n1-c1ccc(Cl)cc1. The summed E-state index contributed by atoms with van der Waals surface area (Å²) in [6, 6.07) is 20.8. The minimum atomic E-state index is -0.509. The first kappa shape index (κ1) is 25.0. The van der Waals surface area contributed by atoms with Crippen LogP contribution in [0.25, 0.3) is 16.6 Å². The molecular formula is C28H27Cl2N3O2. The van der Waals surface area contributed by atoms with Crippen LogP contribution in [0.4, 0.5) is 0 Å². The molecule has 0 fully saturated rings. The van der Waals surface area contributed by atoms with E-state index in [-0.39, 0.29) is 11.5 Å². The lowest BCUT2D eigenvalue weighted by molar-refractivity contribution is 0.0671. The number of hydrogen-bond donors (Lipinski definition) is 0. The molecule has 0 N–H and O–H groups in total. The smallest absolute Gasteiger partial charge is 0.266 e. The van der Waals surface area contributed by atoms with E-state index >= 15 is 0 Å². The highest BCUT2D eigenvalue weighted by Crippen LogP contribution is 2.27. The van der Waals surface area contributed by atoms with Crippen molar-refractivity contribution in [1.29, 1.82) is 0 Å². The highest BCUT2D eigenvalue weighted by molar-refractivity contribution is 6.33. The summed E-state index contributed by atoms with van der Waals surface area (Å²) in [7, 11) is 0.